The lowest BCUT2D eigenvalue weighted by molar-refractivity contribution is -0.123. The summed E-state index contributed by atoms with van der Waals surface area (Å²) in [4.78, 5) is 24.7. The second-order valence-electron chi connectivity index (χ2n) is 7.61. The van der Waals surface area contributed by atoms with Gasteiger partial charge in [0.25, 0.3) is 11.8 Å². The molecule has 0 aliphatic carbocycles. The largest absolute Gasteiger partial charge is 0.489 e. The molecule has 0 spiro atoms. The van der Waals surface area contributed by atoms with Crippen LogP contribution in [-0.4, -0.2) is 66.0 Å². The average molecular weight is 562 g/mol. The molecule has 0 saturated carbocycles. The zero-order valence-corrected chi connectivity index (χ0v) is 20.3. The summed E-state index contributed by atoms with van der Waals surface area (Å²) in [6.07, 6.45) is -3.33. The number of ether oxygens (including phenoxy) is 2. The quantitative estimate of drug-likeness (QED) is 0.258. The van der Waals surface area contributed by atoms with Crippen LogP contribution in [0.25, 0.3) is 5.69 Å². The molecule has 0 bridgehead atoms. The molecule has 9 nitrogen and oxygen atoms in total. The molecular weight excluding hydrogens is 541 g/mol. The van der Waals surface area contributed by atoms with Gasteiger partial charge >= 0.3 is 6.18 Å². The second kappa shape index (κ2) is 13.1. The molecule has 0 radical (unpaired) electrons. The summed E-state index contributed by atoms with van der Waals surface area (Å²) in [5, 5.41) is 11.9. The van der Waals surface area contributed by atoms with Gasteiger partial charge in [0.15, 0.2) is 5.69 Å². The lowest BCUT2D eigenvalue weighted by atomic mass is 10.1. The number of nitrogens with one attached hydrogen (secondary N) is 2. The van der Waals surface area contributed by atoms with Crippen molar-refractivity contribution in [3.05, 3.63) is 70.3 Å². The average Bonchev–Trinajstić information content (AvgIpc) is 3.37. The van der Waals surface area contributed by atoms with Crippen molar-refractivity contribution in [3.63, 3.8) is 0 Å². The Morgan fingerprint density at radius 3 is 2.53 bits per heavy atom. The zero-order chi connectivity index (χ0) is 27.7. The minimum atomic E-state index is -4.59. The number of aromatic nitrogens is 3. The highest BCUT2D eigenvalue weighted by molar-refractivity contribution is 6.30. The van der Waals surface area contributed by atoms with Gasteiger partial charge in [0.05, 0.1) is 24.4 Å². The summed E-state index contributed by atoms with van der Waals surface area (Å²) in [6.45, 7) is -2.43. The van der Waals surface area contributed by atoms with E-state index in [0.29, 0.717) is 5.56 Å². The molecule has 0 unspecified atom stereocenters. The van der Waals surface area contributed by atoms with Crippen LogP contribution < -0.4 is 15.4 Å². The van der Waals surface area contributed by atoms with Crippen molar-refractivity contribution in [1.82, 2.24) is 25.6 Å². The molecule has 0 atom stereocenters. The maximum atomic E-state index is 13.3. The molecule has 204 valence electrons. The van der Waals surface area contributed by atoms with Crippen LogP contribution in [-0.2, 0) is 11.3 Å². The molecule has 1 heterocycles. The van der Waals surface area contributed by atoms with Crippen LogP contribution in [0, 0.1) is 5.82 Å². The van der Waals surface area contributed by atoms with Crippen LogP contribution in [0.5, 0.6) is 5.75 Å². The lowest BCUT2D eigenvalue weighted by Crippen LogP contribution is -2.33. The van der Waals surface area contributed by atoms with Crippen molar-refractivity contribution < 1.29 is 41.0 Å². The van der Waals surface area contributed by atoms with E-state index in [9.17, 15) is 31.5 Å². The minimum Gasteiger partial charge on any atom is -0.489 e. The highest BCUT2D eigenvalue weighted by Crippen LogP contribution is 2.25. The van der Waals surface area contributed by atoms with E-state index in [1.165, 1.54) is 41.2 Å². The Labute approximate surface area is 217 Å². The first kappa shape index (κ1) is 28.8. The van der Waals surface area contributed by atoms with Crippen molar-refractivity contribution in [2.75, 3.05) is 33.0 Å². The maximum Gasteiger partial charge on any atom is 0.405 e. The van der Waals surface area contributed by atoms with Crippen LogP contribution in [0.3, 0.4) is 0 Å². The third-order valence-corrected chi connectivity index (χ3v) is 5.08. The highest BCUT2D eigenvalue weighted by atomic mass is 35.5. The van der Waals surface area contributed by atoms with Gasteiger partial charge in [0.2, 0.25) is 0 Å². The molecule has 3 rings (SSSR count). The van der Waals surface area contributed by atoms with Gasteiger partial charge in [-0.05, 0) is 35.9 Å². The van der Waals surface area contributed by atoms with Crippen molar-refractivity contribution in [2.24, 2.45) is 0 Å². The fraction of sp³-hybridized carbons (Fsp3) is 0.304. The number of benzene rings is 2. The standard InChI is InChI=1S/C23H21ClF5N5O4/c24-16-9-14(1-3-17(16)26)11-30-22(36)18-12-34(33-32-18)19-4-2-15(21(35)31-13-23(27,28)29)10-20(19)38-8-7-37-6-5-25/h1-4,9-10,12H,5-8,11,13H2,(H,30,36)(H,31,35). The van der Waals surface area contributed by atoms with E-state index in [1.807, 2.05) is 0 Å². The van der Waals surface area contributed by atoms with Gasteiger partial charge in [0, 0.05) is 12.1 Å². The van der Waals surface area contributed by atoms with Gasteiger partial charge in [-0.25, -0.2) is 13.5 Å². The van der Waals surface area contributed by atoms with Crippen molar-refractivity contribution in [3.8, 4) is 11.4 Å². The normalized spacial score (nSPS) is 11.3. The number of amides is 2. The van der Waals surface area contributed by atoms with E-state index in [-0.39, 0.29) is 54.1 Å². The Bertz CT molecular complexity index is 1270. The number of hydrogen-bond acceptors (Lipinski definition) is 6. The molecule has 0 saturated heterocycles. The fourth-order valence-electron chi connectivity index (χ4n) is 3.02. The van der Waals surface area contributed by atoms with E-state index in [0.717, 1.165) is 6.07 Å². The predicted molar refractivity (Wildman–Crippen MR) is 125 cm³/mol. The summed E-state index contributed by atoms with van der Waals surface area (Å²) in [5.74, 6) is -2.18. The van der Waals surface area contributed by atoms with Crippen LogP contribution in [0.2, 0.25) is 5.02 Å². The number of halogens is 6. The predicted octanol–water partition coefficient (Wildman–Crippen LogP) is 3.65. The van der Waals surface area contributed by atoms with E-state index >= 15 is 0 Å². The molecule has 38 heavy (non-hydrogen) atoms. The molecule has 15 heteroatoms. The first-order valence-electron chi connectivity index (χ1n) is 11.0. The smallest absolute Gasteiger partial charge is 0.405 e. The van der Waals surface area contributed by atoms with E-state index < -0.39 is 37.0 Å². The van der Waals surface area contributed by atoms with Crippen LogP contribution in [0.4, 0.5) is 22.0 Å². The number of hydrogen-bond donors (Lipinski definition) is 2. The van der Waals surface area contributed by atoms with Gasteiger partial charge in [-0.1, -0.05) is 22.9 Å². The Hall–Kier alpha value is -3.78. The van der Waals surface area contributed by atoms with Gasteiger partial charge in [0.1, 0.15) is 37.1 Å². The van der Waals surface area contributed by atoms with Crippen molar-refractivity contribution in [2.45, 2.75) is 12.7 Å². The van der Waals surface area contributed by atoms with Crippen molar-refractivity contribution >= 4 is 23.4 Å². The van der Waals surface area contributed by atoms with Gasteiger partial charge in [-0.3, -0.25) is 9.59 Å². The van der Waals surface area contributed by atoms with Gasteiger partial charge in [-0.2, -0.15) is 13.2 Å². The number of carbonyl (C=O) groups is 2. The first-order chi connectivity index (χ1) is 18.1. The molecule has 0 fully saturated rings. The topological polar surface area (TPSA) is 107 Å². The molecule has 2 N–H and O–H groups in total. The summed E-state index contributed by atoms with van der Waals surface area (Å²) in [5.41, 5.74) is 0.526. The Kier molecular flexibility index (Phi) is 9.96. The zero-order valence-electron chi connectivity index (χ0n) is 19.5. The lowest BCUT2D eigenvalue weighted by Gasteiger charge is -2.14. The van der Waals surface area contributed by atoms with Crippen molar-refractivity contribution in [1.29, 1.82) is 0 Å². The van der Waals surface area contributed by atoms with E-state index in [1.54, 1.807) is 5.32 Å². The third kappa shape index (κ3) is 8.38. The van der Waals surface area contributed by atoms with E-state index in [2.05, 4.69) is 15.6 Å². The third-order valence-electron chi connectivity index (χ3n) is 4.79. The molecule has 2 amide bonds. The van der Waals surface area contributed by atoms with Crippen LogP contribution >= 0.6 is 11.6 Å². The molecule has 0 aliphatic rings. The summed E-state index contributed by atoms with van der Waals surface area (Å²) >= 11 is 5.74. The van der Waals surface area contributed by atoms with Gasteiger partial charge in [-0.15, -0.1) is 5.10 Å². The molecule has 0 aliphatic heterocycles. The second-order valence-corrected chi connectivity index (χ2v) is 8.02. The molecule has 2 aromatic carbocycles. The SMILES string of the molecule is O=C(NCC(F)(F)F)c1ccc(-n2cc(C(=O)NCc3ccc(F)c(Cl)c3)nn2)c(OCCOCCF)c1. The maximum absolute atomic E-state index is 13.3. The number of carbonyl (C=O) groups excluding carboxylic acids is 2. The molecular formula is C23H21ClF5N5O4. The summed E-state index contributed by atoms with van der Waals surface area (Å²) in [6, 6.07) is 7.75. The van der Waals surface area contributed by atoms with Crippen LogP contribution in [0.15, 0.2) is 42.6 Å². The Morgan fingerprint density at radius 2 is 1.82 bits per heavy atom. The fourth-order valence-corrected chi connectivity index (χ4v) is 3.22. The molecule has 3 aromatic rings. The Balaban J connectivity index is 1.75. The van der Waals surface area contributed by atoms with Crippen LogP contribution in [0.1, 0.15) is 26.4 Å². The summed E-state index contributed by atoms with van der Waals surface area (Å²) < 4.78 is 74.7. The first-order valence-corrected chi connectivity index (χ1v) is 11.4. The van der Waals surface area contributed by atoms with Gasteiger partial charge < -0.3 is 20.1 Å². The number of alkyl halides is 4. The number of nitrogens with zero attached hydrogens (tertiary/aromatic N) is 3. The minimum absolute atomic E-state index is 0.00767. The molecule has 1 aromatic heterocycles. The van der Waals surface area contributed by atoms with E-state index in [4.69, 9.17) is 21.1 Å². The monoisotopic (exact) mass is 561 g/mol. The highest BCUT2D eigenvalue weighted by Gasteiger charge is 2.28. The Morgan fingerprint density at radius 1 is 1.03 bits per heavy atom. The summed E-state index contributed by atoms with van der Waals surface area (Å²) in [7, 11) is 0. The number of rotatable bonds is 12.